The molecule has 0 unspecified atom stereocenters. The number of rotatable bonds is 4. The number of carbonyl (C=O) groups is 2. The van der Waals surface area contributed by atoms with Crippen LogP contribution in [0.5, 0.6) is 0 Å². The van der Waals surface area contributed by atoms with Gasteiger partial charge in [0.25, 0.3) is 11.1 Å². The van der Waals surface area contributed by atoms with Crippen LogP contribution in [0.1, 0.15) is 16.7 Å². The molecule has 0 atom stereocenters. The Morgan fingerprint density at radius 1 is 1.16 bits per heavy atom. The second-order valence-electron chi connectivity index (χ2n) is 5.78. The third-order valence-corrected chi connectivity index (χ3v) is 4.79. The molecule has 1 aliphatic rings. The SMILES string of the molecule is Cc1ccc(C)c(NCN2C(=O)S/C(=C/c3ccccc3F)C2=O)c1. The van der Waals surface area contributed by atoms with Crippen LogP contribution in [0.2, 0.25) is 0 Å². The van der Waals surface area contributed by atoms with Gasteiger partial charge in [-0.15, -0.1) is 0 Å². The van der Waals surface area contributed by atoms with Gasteiger partial charge in [-0.2, -0.15) is 0 Å². The molecule has 0 radical (unpaired) electrons. The number of hydrogen-bond donors (Lipinski definition) is 1. The Morgan fingerprint density at radius 2 is 1.92 bits per heavy atom. The molecule has 1 fully saturated rings. The van der Waals surface area contributed by atoms with Gasteiger partial charge in [0, 0.05) is 11.3 Å². The quantitative estimate of drug-likeness (QED) is 0.817. The first kappa shape index (κ1) is 17.2. The number of anilines is 1. The average Bonchev–Trinajstić information content (AvgIpc) is 2.84. The van der Waals surface area contributed by atoms with Gasteiger partial charge in [-0.1, -0.05) is 30.3 Å². The summed E-state index contributed by atoms with van der Waals surface area (Å²) in [7, 11) is 0. The van der Waals surface area contributed by atoms with E-state index in [2.05, 4.69) is 5.32 Å². The van der Waals surface area contributed by atoms with Gasteiger partial charge < -0.3 is 5.32 Å². The molecule has 2 aromatic rings. The summed E-state index contributed by atoms with van der Waals surface area (Å²) in [6.45, 7) is 4.00. The van der Waals surface area contributed by atoms with Gasteiger partial charge in [0.15, 0.2) is 0 Å². The molecule has 1 aliphatic heterocycles. The van der Waals surface area contributed by atoms with E-state index >= 15 is 0 Å². The Labute approximate surface area is 149 Å². The fourth-order valence-corrected chi connectivity index (χ4v) is 3.29. The summed E-state index contributed by atoms with van der Waals surface area (Å²) in [6.07, 6.45) is 1.41. The minimum Gasteiger partial charge on any atom is -0.367 e. The minimum absolute atomic E-state index is 0.0730. The van der Waals surface area contributed by atoms with Crippen LogP contribution in [-0.4, -0.2) is 22.7 Å². The molecule has 0 spiro atoms. The molecule has 0 saturated carbocycles. The molecular weight excluding hydrogens is 339 g/mol. The number of nitrogens with zero attached hydrogens (tertiary/aromatic N) is 1. The molecule has 0 aliphatic carbocycles. The highest BCUT2D eigenvalue weighted by Gasteiger charge is 2.35. The van der Waals surface area contributed by atoms with Crippen LogP contribution in [0.15, 0.2) is 47.4 Å². The molecule has 2 amide bonds. The van der Waals surface area contributed by atoms with Gasteiger partial charge in [0.1, 0.15) is 5.82 Å². The molecule has 4 nitrogen and oxygen atoms in total. The average molecular weight is 356 g/mol. The van der Waals surface area contributed by atoms with Crippen molar-refractivity contribution < 1.29 is 14.0 Å². The summed E-state index contributed by atoms with van der Waals surface area (Å²) in [5.41, 5.74) is 3.27. The van der Waals surface area contributed by atoms with E-state index in [-0.39, 0.29) is 22.4 Å². The molecule has 0 aromatic heterocycles. The molecule has 2 aromatic carbocycles. The van der Waals surface area contributed by atoms with Gasteiger partial charge in [-0.05, 0) is 54.9 Å². The maximum absolute atomic E-state index is 13.7. The largest absolute Gasteiger partial charge is 0.367 e. The van der Waals surface area contributed by atoms with Gasteiger partial charge in [-0.3, -0.25) is 14.5 Å². The first-order chi connectivity index (χ1) is 12.0. The summed E-state index contributed by atoms with van der Waals surface area (Å²) in [5, 5.41) is 2.75. The number of thioether (sulfide) groups is 1. The lowest BCUT2D eigenvalue weighted by molar-refractivity contribution is -0.122. The number of hydrogen-bond acceptors (Lipinski definition) is 4. The van der Waals surface area contributed by atoms with Crippen LogP contribution in [-0.2, 0) is 4.79 Å². The zero-order valence-corrected chi connectivity index (χ0v) is 14.7. The van der Waals surface area contributed by atoms with Crippen LogP contribution in [0.25, 0.3) is 6.08 Å². The third-order valence-electron chi connectivity index (χ3n) is 3.89. The van der Waals surface area contributed by atoms with Crippen molar-refractivity contribution in [2.75, 3.05) is 12.0 Å². The van der Waals surface area contributed by atoms with Crippen LogP contribution in [0, 0.1) is 19.7 Å². The van der Waals surface area contributed by atoms with Crippen molar-refractivity contribution in [2.24, 2.45) is 0 Å². The van der Waals surface area contributed by atoms with Crippen molar-refractivity contribution >= 4 is 34.7 Å². The molecule has 6 heteroatoms. The highest BCUT2D eigenvalue weighted by molar-refractivity contribution is 8.18. The molecule has 1 N–H and O–H groups in total. The minimum atomic E-state index is -0.428. The van der Waals surface area contributed by atoms with Crippen molar-refractivity contribution in [3.8, 4) is 0 Å². The van der Waals surface area contributed by atoms with Crippen LogP contribution in [0.4, 0.5) is 14.9 Å². The van der Waals surface area contributed by atoms with E-state index in [1.165, 1.54) is 12.1 Å². The third kappa shape index (κ3) is 3.74. The number of nitrogens with one attached hydrogen (secondary N) is 1. The number of aryl methyl sites for hydroxylation is 2. The van der Waals surface area contributed by atoms with Crippen LogP contribution in [0.3, 0.4) is 0 Å². The number of carbonyl (C=O) groups excluding carboxylic acids is 2. The van der Waals surface area contributed by atoms with E-state index in [9.17, 15) is 14.0 Å². The van der Waals surface area contributed by atoms with Gasteiger partial charge >= 0.3 is 0 Å². The molecule has 128 valence electrons. The lowest BCUT2D eigenvalue weighted by atomic mass is 10.1. The Morgan fingerprint density at radius 3 is 2.68 bits per heavy atom. The smallest absolute Gasteiger partial charge is 0.295 e. The predicted molar refractivity (Wildman–Crippen MR) is 98.6 cm³/mol. The monoisotopic (exact) mass is 356 g/mol. The highest BCUT2D eigenvalue weighted by Crippen LogP contribution is 2.32. The zero-order valence-electron chi connectivity index (χ0n) is 13.9. The van der Waals surface area contributed by atoms with E-state index in [0.29, 0.717) is 0 Å². The highest BCUT2D eigenvalue weighted by atomic mass is 32.2. The van der Waals surface area contributed by atoms with Gasteiger partial charge in [0.2, 0.25) is 0 Å². The number of imide groups is 1. The molecule has 1 saturated heterocycles. The van der Waals surface area contributed by atoms with E-state index in [0.717, 1.165) is 33.5 Å². The summed E-state index contributed by atoms with van der Waals surface area (Å²) in [6, 6.07) is 12.1. The Balaban J connectivity index is 1.76. The lowest BCUT2D eigenvalue weighted by Gasteiger charge is -2.16. The van der Waals surface area contributed by atoms with Crippen LogP contribution < -0.4 is 5.32 Å². The Kier molecular flexibility index (Phi) is 4.90. The first-order valence-corrected chi connectivity index (χ1v) is 8.58. The second-order valence-corrected chi connectivity index (χ2v) is 6.78. The van der Waals surface area contributed by atoms with E-state index in [1.54, 1.807) is 18.2 Å². The molecule has 1 heterocycles. The fraction of sp³-hybridized carbons (Fsp3) is 0.158. The van der Waals surface area contributed by atoms with Crippen molar-refractivity contribution in [3.63, 3.8) is 0 Å². The molecule has 25 heavy (non-hydrogen) atoms. The standard InChI is InChI=1S/C19H17FN2O2S/c1-12-7-8-13(2)16(9-12)21-11-22-18(23)17(25-19(22)24)10-14-5-3-4-6-15(14)20/h3-10,21H,11H2,1-2H3/b17-10+. The van der Waals surface area contributed by atoms with Gasteiger partial charge in [0.05, 0.1) is 11.6 Å². The van der Waals surface area contributed by atoms with E-state index in [1.807, 2.05) is 32.0 Å². The molecule has 3 rings (SSSR count). The normalized spacial score (nSPS) is 16.0. The topological polar surface area (TPSA) is 49.4 Å². The second kappa shape index (κ2) is 7.11. The van der Waals surface area contributed by atoms with E-state index < -0.39 is 11.7 Å². The van der Waals surface area contributed by atoms with Crippen LogP contribution >= 0.6 is 11.8 Å². The first-order valence-electron chi connectivity index (χ1n) is 7.77. The summed E-state index contributed by atoms with van der Waals surface area (Å²) < 4.78 is 13.7. The zero-order chi connectivity index (χ0) is 18.0. The number of benzene rings is 2. The lowest BCUT2D eigenvalue weighted by Crippen LogP contribution is -2.33. The van der Waals surface area contributed by atoms with Crippen molar-refractivity contribution in [3.05, 3.63) is 69.9 Å². The predicted octanol–water partition coefficient (Wildman–Crippen LogP) is 4.55. The number of halogens is 1. The molecule has 0 bridgehead atoms. The molecular formula is C19H17FN2O2S. The Bertz CT molecular complexity index is 879. The van der Waals surface area contributed by atoms with E-state index in [4.69, 9.17) is 0 Å². The summed E-state index contributed by atoms with van der Waals surface area (Å²) in [5.74, 6) is -0.848. The van der Waals surface area contributed by atoms with Gasteiger partial charge in [-0.25, -0.2) is 4.39 Å². The van der Waals surface area contributed by atoms with Crippen molar-refractivity contribution in [2.45, 2.75) is 13.8 Å². The van der Waals surface area contributed by atoms with Crippen molar-refractivity contribution in [1.82, 2.24) is 4.90 Å². The number of amides is 2. The fourth-order valence-electron chi connectivity index (χ4n) is 2.46. The maximum atomic E-state index is 13.7. The maximum Gasteiger partial charge on any atom is 0.295 e. The van der Waals surface area contributed by atoms with Crippen molar-refractivity contribution in [1.29, 1.82) is 0 Å². The summed E-state index contributed by atoms with van der Waals surface area (Å²) in [4.78, 5) is 25.9. The Hall–Kier alpha value is -2.60. The summed E-state index contributed by atoms with van der Waals surface area (Å²) >= 11 is 0.820.